The Bertz CT molecular complexity index is 831. The minimum atomic E-state index is -0.524. The molecule has 132 valence electrons. The Balaban J connectivity index is 1.66. The van der Waals surface area contributed by atoms with Gasteiger partial charge in [-0.3, -0.25) is 19.6 Å². The summed E-state index contributed by atoms with van der Waals surface area (Å²) < 4.78 is 7.08. The van der Waals surface area contributed by atoms with Crippen LogP contribution in [0.5, 0.6) is 0 Å². The molecule has 0 fully saturated rings. The van der Waals surface area contributed by atoms with Crippen LogP contribution in [0.25, 0.3) is 0 Å². The lowest BCUT2D eigenvalue weighted by molar-refractivity contribution is -0.385. The number of carbonyl (C=O) groups excluding carboxylic acids is 1. The summed E-state index contributed by atoms with van der Waals surface area (Å²) in [6.45, 7) is 4.33. The topological polar surface area (TPSA) is 87.3 Å². The van der Waals surface area contributed by atoms with Gasteiger partial charge in [0.25, 0.3) is 0 Å². The lowest BCUT2D eigenvalue weighted by Crippen LogP contribution is -2.23. The van der Waals surface area contributed by atoms with Gasteiger partial charge in [-0.25, -0.2) is 0 Å². The molecule has 0 spiro atoms. The van der Waals surface area contributed by atoms with Gasteiger partial charge in [-0.1, -0.05) is 31.5 Å². The molecule has 2 aromatic rings. The Hall–Kier alpha value is -2.41. The van der Waals surface area contributed by atoms with Crippen LogP contribution in [-0.2, 0) is 22.5 Å². The van der Waals surface area contributed by atoms with Gasteiger partial charge in [0.15, 0.2) is 0 Å². The zero-order valence-corrected chi connectivity index (χ0v) is 14.7. The Kier molecular flexibility index (Phi) is 4.51. The predicted molar refractivity (Wildman–Crippen MR) is 91.3 cm³/mol. The van der Waals surface area contributed by atoms with Crippen LogP contribution >= 0.6 is 11.6 Å². The fourth-order valence-electron chi connectivity index (χ4n) is 3.16. The van der Waals surface area contributed by atoms with Gasteiger partial charge in [0.05, 0.1) is 17.9 Å². The molecule has 0 saturated carbocycles. The first-order valence-corrected chi connectivity index (χ1v) is 8.29. The molecular formula is C17H18ClN3O4. The van der Waals surface area contributed by atoms with E-state index in [9.17, 15) is 14.9 Å². The van der Waals surface area contributed by atoms with Gasteiger partial charge < -0.3 is 4.74 Å². The van der Waals surface area contributed by atoms with E-state index in [1.54, 1.807) is 0 Å². The summed E-state index contributed by atoms with van der Waals surface area (Å²) >= 11 is 6.08. The third kappa shape index (κ3) is 3.66. The summed E-state index contributed by atoms with van der Waals surface area (Å²) in [7, 11) is 0. The summed E-state index contributed by atoms with van der Waals surface area (Å²) in [4.78, 5) is 22.4. The minimum Gasteiger partial charge on any atom is -0.457 e. The first-order chi connectivity index (χ1) is 11.8. The fourth-order valence-corrected chi connectivity index (χ4v) is 3.34. The summed E-state index contributed by atoms with van der Waals surface area (Å²) in [5, 5.41) is 15.1. The third-order valence-corrected chi connectivity index (χ3v) is 4.61. The smallest absolute Gasteiger partial charge is 0.308 e. The summed E-state index contributed by atoms with van der Waals surface area (Å²) in [6.07, 6.45) is 2.98. The molecule has 1 atom stereocenters. The lowest BCUT2D eigenvalue weighted by Gasteiger charge is -2.27. The van der Waals surface area contributed by atoms with Crippen molar-refractivity contribution in [2.24, 2.45) is 5.41 Å². The molecule has 1 aliphatic rings. The number of aryl methyl sites for hydroxylation is 1. The molecule has 0 unspecified atom stereocenters. The molecule has 0 N–H and O–H groups in total. The van der Waals surface area contributed by atoms with Gasteiger partial charge in [-0.15, -0.1) is 0 Å². The van der Waals surface area contributed by atoms with Crippen LogP contribution in [-0.4, -0.2) is 20.7 Å². The normalized spacial score (nSPS) is 18.0. The number of halogens is 1. The summed E-state index contributed by atoms with van der Waals surface area (Å²) in [5.41, 5.74) is 1.76. The molecule has 1 aromatic carbocycles. The Morgan fingerprint density at radius 1 is 1.52 bits per heavy atom. The highest BCUT2D eigenvalue weighted by Crippen LogP contribution is 2.48. The molecular weight excluding hydrogens is 346 g/mol. The number of hydrogen-bond acceptors (Lipinski definition) is 5. The second kappa shape index (κ2) is 6.48. The van der Waals surface area contributed by atoms with E-state index in [0.29, 0.717) is 5.02 Å². The van der Waals surface area contributed by atoms with Crippen LogP contribution in [0.1, 0.15) is 37.5 Å². The molecule has 0 amide bonds. The highest BCUT2D eigenvalue weighted by Gasteiger charge is 2.41. The van der Waals surface area contributed by atoms with Gasteiger partial charge in [0, 0.05) is 10.4 Å². The summed E-state index contributed by atoms with van der Waals surface area (Å²) in [6, 6.07) is 5.65. The number of nitro groups is 1. The molecule has 7 nitrogen and oxygen atoms in total. The van der Waals surface area contributed by atoms with Crippen LogP contribution in [0.2, 0.25) is 5.02 Å². The van der Waals surface area contributed by atoms with Crippen molar-refractivity contribution >= 4 is 23.3 Å². The van der Waals surface area contributed by atoms with E-state index in [1.165, 1.54) is 10.9 Å². The molecule has 0 saturated heterocycles. The van der Waals surface area contributed by atoms with Crippen LogP contribution in [0.3, 0.4) is 0 Å². The van der Waals surface area contributed by atoms with Crippen molar-refractivity contribution in [3.8, 4) is 0 Å². The standard InChI is InChI=1S/C17H18ClN3O4/c1-17(2)8-11-3-4-12(18)7-14(11)16(17)25-15(22)5-6-20-10-13(9-19-20)21(23)24/h3-4,7,9-10,16H,5-6,8H2,1-2H3/t16-/m0/s1. The molecule has 1 heterocycles. The first-order valence-electron chi connectivity index (χ1n) is 7.91. The largest absolute Gasteiger partial charge is 0.457 e. The number of carbonyl (C=O) groups is 1. The zero-order chi connectivity index (χ0) is 18.2. The maximum absolute atomic E-state index is 12.3. The third-order valence-electron chi connectivity index (χ3n) is 4.37. The van der Waals surface area contributed by atoms with E-state index < -0.39 is 4.92 Å². The van der Waals surface area contributed by atoms with Crippen molar-refractivity contribution in [2.45, 2.75) is 39.3 Å². The van der Waals surface area contributed by atoms with E-state index in [4.69, 9.17) is 16.3 Å². The van der Waals surface area contributed by atoms with Crippen molar-refractivity contribution in [3.63, 3.8) is 0 Å². The summed E-state index contributed by atoms with van der Waals surface area (Å²) in [5.74, 6) is -0.371. The molecule has 0 bridgehead atoms. The minimum absolute atomic E-state index is 0.0846. The van der Waals surface area contributed by atoms with Gasteiger partial charge in [0.1, 0.15) is 18.5 Å². The zero-order valence-electron chi connectivity index (χ0n) is 13.9. The monoisotopic (exact) mass is 363 g/mol. The number of hydrogen-bond donors (Lipinski definition) is 0. The van der Waals surface area contributed by atoms with Crippen molar-refractivity contribution in [1.29, 1.82) is 0 Å². The van der Waals surface area contributed by atoms with Crippen LogP contribution < -0.4 is 0 Å². The molecule has 25 heavy (non-hydrogen) atoms. The van der Waals surface area contributed by atoms with E-state index in [0.717, 1.165) is 23.7 Å². The van der Waals surface area contributed by atoms with Gasteiger partial charge >= 0.3 is 11.7 Å². The molecule has 0 radical (unpaired) electrons. The Labute approximate surface area is 149 Å². The maximum Gasteiger partial charge on any atom is 0.308 e. The SMILES string of the molecule is CC1(C)Cc2ccc(Cl)cc2[C@@H]1OC(=O)CCn1cc([N+](=O)[O-])cn1. The number of rotatable bonds is 5. The molecule has 8 heteroatoms. The Morgan fingerprint density at radius 3 is 2.96 bits per heavy atom. The quantitative estimate of drug-likeness (QED) is 0.459. The second-order valence-electron chi connectivity index (χ2n) is 6.85. The van der Waals surface area contributed by atoms with Crippen molar-refractivity contribution in [2.75, 3.05) is 0 Å². The number of fused-ring (bicyclic) bond motifs is 1. The number of esters is 1. The number of aromatic nitrogens is 2. The average Bonchev–Trinajstić information content (AvgIpc) is 3.09. The van der Waals surface area contributed by atoms with Crippen molar-refractivity contribution < 1.29 is 14.5 Å². The molecule has 1 aliphatic carbocycles. The highest BCUT2D eigenvalue weighted by atomic mass is 35.5. The molecule has 0 aliphatic heterocycles. The number of ether oxygens (including phenoxy) is 1. The van der Waals surface area contributed by atoms with Crippen molar-refractivity contribution in [3.05, 3.63) is 56.9 Å². The van der Waals surface area contributed by atoms with Gasteiger partial charge in [0.2, 0.25) is 0 Å². The lowest BCUT2D eigenvalue weighted by atomic mass is 9.87. The molecule has 3 rings (SSSR count). The van der Waals surface area contributed by atoms with Crippen LogP contribution in [0.4, 0.5) is 5.69 Å². The first kappa shape index (κ1) is 17.4. The fraction of sp³-hybridized carbons (Fsp3) is 0.412. The van der Waals surface area contributed by atoms with Crippen molar-refractivity contribution in [1.82, 2.24) is 9.78 Å². The average molecular weight is 364 g/mol. The Morgan fingerprint density at radius 2 is 2.28 bits per heavy atom. The van der Waals surface area contributed by atoms with E-state index >= 15 is 0 Å². The van der Waals surface area contributed by atoms with E-state index in [-0.39, 0.29) is 36.1 Å². The molecule has 1 aromatic heterocycles. The predicted octanol–water partition coefficient (Wildman–Crippen LogP) is 3.70. The second-order valence-corrected chi connectivity index (χ2v) is 7.28. The highest BCUT2D eigenvalue weighted by molar-refractivity contribution is 6.30. The number of nitrogens with zero attached hydrogens (tertiary/aromatic N) is 3. The van der Waals surface area contributed by atoms with E-state index in [2.05, 4.69) is 18.9 Å². The van der Waals surface area contributed by atoms with Crippen LogP contribution in [0, 0.1) is 15.5 Å². The van der Waals surface area contributed by atoms with E-state index in [1.807, 2.05) is 18.2 Å². The maximum atomic E-state index is 12.3. The van der Waals surface area contributed by atoms with Gasteiger partial charge in [-0.2, -0.15) is 5.10 Å². The van der Waals surface area contributed by atoms with Crippen LogP contribution in [0.15, 0.2) is 30.6 Å². The van der Waals surface area contributed by atoms with Gasteiger partial charge in [-0.05, 0) is 29.7 Å². The number of benzene rings is 1.